The average Bonchev–Trinajstić information content (AvgIpc) is 2.87. The number of fused-ring (bicyclic) bond motifs is 2. The molecule has 0 saturated heterocycles. The second kappa shape index (κ2) is 5.11. The molecule has 0 amide bonds. The van der Waals surface area contributed by atoms with E-state index in [0.717, 1.165) is 22.7 Å². The molecule has 0 aliphatic carbocycles. The van der Waals surface area contributed by atoms with Gasteiger partial charge in [-0.05, 0) is 6.07 Å². The van der Waals surface area contributed by atoms with E-state index < -0.39 is 11.9 Å². The summed E-state index contributed by atoms with van der Waals surface area (Å²) in [5.74, 6) is -2.44. The molecule has 7 nitrogen and oxygen atoms in total. The zero-order valence-electron chi connectivity index (χ0n) is 10.9. The summed E-state index contributed by atoms with van der Waals surface area (Å²) in [4.78, 5) is 26.7. The van der Waals surface area contributed by atoms with Gasteiger partial charge in [0.15, 0.2) is 5.75 Å². The Hall–Kier alpha value is -2.39. The molecule has 4 N–H and O–H groups in total. The lowest BCUT2D eigenvalue weighted by Gasteiger charge is -1.94. The number of aromatic hydroxyl groups is 2. The van der Waals surface area contributed by atoms with Gasteiger partial charge in [-0.15, -0.1) is 22.7 Å². The molecule has 0 aromatic carbocycles. The lowest BCUT2D eigenvalue weighted by Crippen LogP contribution is -1.97. The third-order valence-corrected chi connectivity index (χ3v) is 5.24. The number of carboxylic acid groups (broad SMARTS) is 2. The van der Waals surface area contributed by atoms with Crippen LogP contribution in [0.15, 0.2) is 6.07 Å². The van der Waals surface area contributed by atoms with Crippen molar-refractivity contribution in [3.8, 4) is 11.5 Å². The maximum absolute atomic E-state index is 10.8. The summed E-state index contributed by atoms with van der Waals surface area (Å²) < 4.78 is 0.538. The first kappa shape index (κ1) is 14.5. The van der Waals surface area contributed by atoms with E-state index in [1.54, 1.807) is 6.07 Å². The van der Waals surface area contributed by atoms with Gasteiger partial charge < -0.3 is 20.4 Å². The van der Waals surface area contributed by atoms with E-state index in [1.165, 1.54) is 0 Å². The quantitative estimate of drug-likeness (QED) is 0.573. The molecule has 0 atom stereocenters. The van der Waals surface area contributed by atoms with Gasteiger partial charge in [0.25, 0.3) is 0 Å². The maximum Gasteiger partial charge on any atom is 0.308 e. The van der Waals surface area contributed by atoms with Crippen molar-refractivity contribution < 1.29 is 30.0 Å². The van der Waals surface area contributed by atoms with Gasteiger partial charge in [0.2, 0.25) is 0 Å². The summed E-state index contributed by atoms with van der Waals surface area (Å²) >= 11 is 2.12. The molecule has 0 fully saturated rings. The van der Waals surface area contributed by atoms with Gasteiger partial charge in [-0.25, -0.2) is 4.98 Å². The molecule has 3 aromatic rings. The SMILES string of the molecule is O=C(O)Cc1sc2nc3c(O)c(CC(=O)O)sc3cc2c1O. The molecule has 0 bridgehead atoms. The smallest absolute Gasteiger partial charge is 0.308 e. The third kappa shape index (κ3) is 2.34. The fourth-order valence-electron chi connectivity index (χ4n) is 2.12. The predicted octanol–water partition coefficient (Wildman–Crippen LogP) is 2.18. The van der Waals surface area contributed by atoms with E-state index in [4.69, 9.17) is 10.2 Å². The van der Waals surface area contributed by atoms with Crippen LogP contribution >= 0.6 is 22.7 Å². The van der Waals surface area contributed by atoms with Crippen LogP contribution in [0.1, 0.15) is 9.75 Å². The maximum atomic E-state index is 10.8. The molecule has 9 heteroatoms. The molecule has 0 saturated carbocycles. The molecule has 3 aromatic heterocycles. The number of carboxylic acids is 2. The Morgan fingerprint density at radius 1 is 1.00 bits per heavy atom. The van der Waals surface area contributed by atoms with Gasteiger partial charge in [-0.2, -0.15) is 0 Å². The number of hydrogen-bond acceptors (Lipinski definition) is 7. The summed E-state index contributed by atoms with van der Waals surface area (Å²) in [6, 6.07) is 1.59. The number of aliphatic carboxylic acids is 2. The third-order valence-electron chi connectivity index (χ3n) is 3.04. The number of nitrogens with zero attached hydrogens (tertiary/aromatic N) is 1. The minimum atomic E-state index is -1.06. The van der Waals surface area contributed by atoms with Gasteiger partial charge >= 0.3 is 11.9 Å². The molecule has 0 aliphatic rings. The Balaban J connectivity index is 2.19. The Kier molecular flexibility index (Phi) is 3.38. The Morgan fingerprint density at radius 3 is 2.18 bits per heavy atom. The second-order valence-corrected chi connectivity index (χ2v) is 6.80. The standard InChI is InChI=1S/C13H9NO6S2/c15-8(16)2-6-11(19)4-1-5-10(14-13(4)22-6)12(20)7(21-5)3-9(17)18/h1,19-20H,2-3H2,(H,15,16)(H,17,18). The lowest BCUT2D eigenvalue weighted by atomic mass is 10.2. The summed E-state index contributed by atoms with van der Waals surface area (Å²) in [5.41, 5.74) is 0.261. The minimum absolute atomic E-state index is 0.135. The highest BCUT2D eigenvalue weighted by molar-refractivity contribution is 7.20. The first-order valence-corrected chi connectivity index (χ1v) is 7.69. The molecule has 3 heterocycles. The van der Waals surface area contributed by atoms with Crippen LogP contribution in [0, 0.1) is 0 Å². The van der Waals surface area contributed by atoms with E-state index in [1.807, 2.05) is 0 Å². The van der Waals surface area contributed by atoms with Gasteiger partial charge in [-0.3, -0.25) is 9.59 Å². The van der Waals surface area contributed by atoms with Crippen LogP contribution in [-0.2, 0) is 22.4 Å². The number of hydrogen-bond donors (Lipinski definition) is 4. The molecule has 22 heavy (non-hydrogen) atoms. The van der Waals surface area contributed by atoms with Crippen LogP contribution in [0.2, 0.25) is 0 Å². The van der Waals surface area contributed by atoms with Crippen molar-refractivity contribution in [3.05, 3.63) is 15.8 Å². The summed E-state index contributed by atoms with van der Waals surface area (Å²) in [6.07, 6.45) is -0.618. The highest BCUT2D eigenvalue weighted by Crippen LogP contribution is 2.43. The van der Waals surface area contributed by atoms with Gasteiger partial charge in [0.05, 0.1) is 32.7 Å². The van der Waals surface area contributed by atoms with E-state index in [9.17, 15) is 19.8 Å². The Labute approximate surface area is 130 Å². The predicted molar refractivity (Wildman–Crippen MR) is 81.0 cm³/mol. The molecule has 114 valence electrons. The van der Waals surface area contributed by atoms with E-state index >= 15 is 0 Å². The van der Waals surface area contributed by atoms with Crippen molar-refractivity contribution in [2.24, 2.45) is 0 Å². The largest absolute Gasteiger partial charge is 0.506 e. The van der Waals surface area contributed by atoms with Crippen LogP contribution in [0.5, 0.6) is 11.5 Å². The summed E-state index contributed by atoms with van der Waals surface area (Å²) in [5, 5.41) is 38.1. The first-order chi connectivity index (χ1) is 10.4. The molecule has 0 radical (unpaired) electrons. The normalized spacial score (nSPS) is 11.3. The Bertz CT molecular complexity index is 850. The monoisotopic (exact) mass is 339 g/mol. The number of thiophene rings is 2. The van der Waals surface area contributed by atoms with E-state index in [-0.39, 0.29) is 39.6 Å². The fourth-order valence-corrected chi connectivity index (χ4v) is 4.22. The summed E-state index contributed by atoms with van der Waals surface area (Å²) in [6.45, 7) is 0. The molecular weight excluding hydrogens is 330 g/mol. The van der Waals surface area contributed by atoms with Crippen molar-refractivity contribution >= 4 is 55.0 Å². The zero-order valence-corrected chi connectivity index (χ0v) is 12.5. The highest BCUT2D eigenvalue weighted by Gasteiger charge is 2.20. The fraction of sp³-hybridized carbons (Fsp3) is 0.154. The molecule has 0 spiro atoms. The van der Waals surface area contributed by atoms with Gasteiger partial charge in [-0.1, -0.05) is 0 Å². The second-order valence-electron chi connectivity index (χ2n) is 4.58. The minimum Gasteiger partial charge on any atom is -0.506 e. The average molecular weight is 339 g/mol. The van der Waals surface area contributed by atoms with Crippen LogP contribution < -0.4 is 0 Å². The molecule has 0 unspecified atom stereocenters. The Morgan fingerprint density at radius 2 is 1.59 bits per heavy atom. The van der Waals surface area contributed by atoms with Crippen molar-refractivity contribution in [2.75, 3.05) is 0 Å². The van der Waals surface area contributed by atoms with Crippen LogP contribution in [0.3, 0.4) is 0 Å². The van der Waals surface area contributed by atoms with Crippen LogP contribution in [0.4, 0.5) is 0 Å². The van der Waals surface area contributed by atoms with Crippen molar-refractivity contribution in [2.45, 2.75) is 12.8 Å². The summed E-state index contributed by atoms with van der Waals surface area (Å²) in [7, 11) is 0. The van der Waals surface area contributed by atoms with Crippen molar-refractivity contribution in [1.29, 1.82) is 0 Å². The molecule has 3 rings (SSSR count). The molecular formula is C13H9NO6S2. The zero-order chi connectivity index (χ0) is 16.0. The van der Waals surface area contributed by atoms with Gasteiger partial charge in [0.1, 0.15) is 16.1 Å². The van der Waals surface area contributed by atoms with Gasteiger partial charge in [0, 0.05) is 0 Å². The van der Waals surface area contributed by atoms with E-state index in [0.29, 0.717) is 14.9 Å². The van der Waals surface area contributed by atoms with Crippen molar-refractivity contribution in [3.63, 3.8) is 0 Å². The number of aromatic nitrogens is 1. The number of pyridine rings is 1. The molecule has 0 aliphatic heterocycles. The van der Waals surface area contributed by atoms with E-state index in [2.05, 4.69) is 4.98 Å². The number of carbonyl (C=O) groups is 2. The first-order valence-electron chi connectivity index (χ1n) is 6.06. The van der Waals surface area contributed by atoms with Crippen molar-refractivity contribution in [1.82, 2.24) is 4.98 Å². The number of rotatable bonds is 4. The highest BCUT2D eigenvalue weighted by atomic mass is 32.1. The topological polar surface area (TPSA) is 128 Å². The van der Waals surface area contributed by atoms with Crippen LogP contribution in [0.25, 0.3) is 20.4 Å². The lowest BCUT2D eigenvalue weighted by molar-refractivity contribution is -0.137. The van der Waals surface area contributed by atoms with Crippen LogP contribution in [-0.4, -0.2) is 37.3 Å².